The van der Waals surface area contributed by atoms with Gasteiger partial charge in [-0.1, -0.05) is 12.1 Å². The molecule has 0 aliphatic heterocycles. The first kappa shape index (κ1) is 15.1. The normalized spacial score (nSPS) is 11.2. The minimum absolute atomic E-state index is 0.289. The van der Waals surface area contributed by atoms with Crippen molar-refractivity contribution in [1.29, 1.82) is 0 Å². The zero-order valence-electron chi connectivity index (χ0n) is 12.1. The summed E-state index contributed by atoms with van der Waals surface area (Å²) >= 11 is 1.83. The van der Waals surface area contributed by atoms with Gasteiger partial charge in [0.15, 0.2) is 6.29 Å². The highest BCUT2D eigenvalue weighted by Crippen LogP contribution is 2.23. The average molecular weight is 292 g/mol. The first-order valence-corrected chi connectivity index (χ1v) is 7.49. The molecule has 0 aliphatic carbocycles. The summed E-state index contributed by atoms with van der Waals surface area (Å²) in [4.78, 5) is 5.47. The number of aromatic nitrogens is 2. The van der Waals surface area contributed by atoms with Gasteiger partial charge in [-0.05, 0) is 19.1 Å². The van der Waals surface area contributed by atoms with Crippen LogP contribution in [-0.2, 0) is 16.0 Å². The molecule has 5 heteroatoms. The Morgan fingerprint density at radius 1 is 1.20 bits per heavy atom. The number of hydrogen-bond donors (Lipinski definition) is 0. The Kier molecular flexibility index (Phi) is 5.64. The highest BCUT2D eigenvalue weighted by atomic mass is 32.2. The molecule has 0 atom stereocenters. The fourth-order valence-electron chi connectivity index (χ4n) is 1.99. The second-order valence-corrected chi connectivity index (χ2v) is 5.56. The number of nitrogens with zero attached hydrogens (tertiary/aromatic N) is 2. The zero-order chi connectivity index (χ0) is 14.4. The van der Waals surface area contributed by atoms with Gasteiger partial charge in [-0.15, -0.1) is 11.8 Å². The van der Waals surface area contributed by atoms with Gasteiger partial charge in [-0.2, -0.15) is 0 Å². The van der Waals surface area contributed by atoms with Crippen LogP contribution in [-0.4, -0.2) is 29.5 Å². The molecule has 4 nitrogen and oxygen atoms in total. The van der Waals surface area contributed by atoms with Crippen LogP contribution in [0.2, 0.25) is 0 Å². The third-order valence-corrected chi connectivity index (χ3v) is 4.10. The third kappa shape index (κ3) is 3.85. The number of methoxy groups -OCH3 is 2. The molecule has 0 N–H and O–H groups in total. The summed E-state index contributed by atoms with van der Waals surface area (Å²) in [5, 5.41) is 0. The number of hydrogen-bond acceptors (Lipinski definition) is 4. The lowest BCUT2D eigenvalue weighted by Crippen LogP contribution is -2.03. The minimum Gasteiger partial charge on any atom is -0.352 e. The van der Waals surface area contributed by atoms with Crippen LogP contribution in [0.3, 0.4) is 0 Å². The molecular weight excluding hydrogens is 272 g/mol. The average Bonchev–Trinajstić information content (AvgIpc) is 2.87. The standard InChI is InChI=1S/C15H20N2O2S/c1-12-16-8-9-17(12)10-11-20-14-6-4-13(5-7-14)15(18-2)19-3/h4-9,15H,10-11H2,1-3H3. The van der Waals surface area contributed by atoms with Gasteiger partial charge in [0.2, 0.25) is 0 Å². The number of imidazole rings is 1. The molecule has 1 aromatic heterocycles. The number of rotatable bonds is 7. The Morgan fingerprint density at radius 2 is 1.90 bits per heavy atom. The fraction of sp³-hybridized carbons (Fsp3) is 0.400. The van der Waals surface area contributed by atoms with Gasteiger partial charge < -0.3 is 14.0 Å². The van der Waals surface area contributed by atoms with Crippen LogP contribution in [0.25, 0.3) is 0 Å². The number of thioether (sulfide) groups is 1. The molecule has 0 aliphatic rings. The smallest absolute Gasteiger partial charge is 0.183 e. The van der Waals surface area contributed by atoms with Gasteiger partial charge >= 0.3 is 0 Å². The first-order chi connectivity index (χ1) is 9.74. The molecule has 2 rings (SSSR count). The maximum absolute atomic E-state index is 5.23. The van der Waals surface area contributed by atoms with E-state index in [1.165, 1.54) is 4.90 Å². The molecule has 20 heavy (non-hydrogen) atoms. The van der Waals surface area contributed by atoms with Gasteiger partial charge in [0.05, 0.1) is 0 Å². The molecule has 0 saturated heterocycles. The van der Waals surface area contributed by atoms with E-state index in [0.717, 1.165) is 23.7 Å². The fourth-order valence-corrected chi connectivity index (χ4v) is 2.84. The molecule has 0 fully saturated rings. The van der Waals surface area contributed by atoms with E-state index in [-0.39, 0.29) is 6.29 Å². The SMILES string of the molecule is COC(OC)c1ccc(SCCn2ccnc2C)cc1. The van der Waals surface area contributed by atoms with Crippen molar-refractivity contribution in [2.24, 2.45) is 0 Å². The maximum atomic E-state index is 5.23. The van der Waals surface area contributed by atoms with Crippen molar-refractivity contribution < 1.29 is 9.47 Å². The maximum Gasteiger partial charge on any atom is 0.183 e. The van der Waals surface area contributed by atoms with Gasteiger partial charge in [-0.25, -0.2) is 4.98 Å². The van der Waals surface area contributed by atoms with Crippen molar-refractivity contribution >= 4 is 11.8 Å². The van der Waals surface area contributed by atoms with Crippen LogP contribution in [0.4, 0.5) is 0 Å². The van der Waals surface area contributed by atoms with E-state index in [1.54, 1.807) is 14.2 Å². The summed E-state index contributed by atoms with van der Waals surface area (Å²) in [6.07, 6.45) is 3.56. The Hall–Kier alpha value is -1.30. The van der Waals surface area contributed by atoms with Crippen molar-refractivity contribution in [3.8, 4) is 0 Å². The Bertz CT molecular complexity index is 521. The van der Waals surface area contributed by atoms with Crippen molar-refractivity contribution in [2.45, 2.75) is 24.7 Å². The van der Waals surface area contributed by atoms with Crippen LogP contribution in [0.15, 0.2) is 41.6 Å². The lowest BCUT2D eigenvalue weighted by atomic mass is 10.2. The predicted molar refractivity (Wildman–Crippen MR) is 80.9 cm³/mol. The summed E-state index contributed by atoms with van der Waals surface area (Å²) < 4.78 is 12.6. The van der Waals surface area contributed by atoms with Crippen LogP contribution in [0.5, 0.6) is 0 Å². The highest BCUT2D eigenvalue weighted by molar-refractivity contribution is 7.99. The quantitative estimate of drug-likeness (QED) is 0.579. The van der Waals surface area contributed by atoms with Gasteiger partial charge in [0.25, 0.3) is 0 Å². The Morgan fingerprint density at radius 3 is 2.45 bits per heavy atom. The summed E-state index contributed by atoms with van der Waals surface area (Å²) in [5.74, 6) is 2.08. The highest BCUT2D eigenvalue weighted by Gasteiger charge is 2.08. The second kappa shape index (κ2) is 7.47. The van der Waals surface area contributed by atoms with Crippen LogP contribution in [0, 0.1) is 6.92 Å². The van der Waals surface area contributed by atoms with Crippen molar-refractivity contribution in [3.63, 3.8) is 0 Å². The van der Waals surface area contributed by atoms with Crippen LogP contribution >= 0.6 is 11.8 Å². The van der Waals surface area contributed by atoms with Gasteiger partial charge in [-0.3, -0.25) is 0 Å². The minimum atomic E-state index is -0.289. The molecular formula is C15H20N2O2S. The number of aryl methyl sites for hydroxylation is 2. The van der Waals surface area contributed by atoms with E-state index < -0.39 is 0 Å². The Labute approximate surface area is 124 Å². The topological polar surface area (TPSA) is 36.3 Å². The molecule has 1 heterocycles. The van der Waals surface area contributed by atoms with Crippen molar-refractivity contribution in [3.05, 3.63) is 48.0 Å². The van der Waals surface area contributed by atoms with Crippen LogP contribution in [0.1, 0.15) is 17.7 Å². The molecule has 0 radical (unpaired) electrons. The molecule has 108 valence electrons. The largest absolute Gasteiger partial charge is 0.352 e. The van der Waals surface area contributed by atoms with E-state index >= 15 is 0 Å². The Balaban J connectivity index is 1.86. The van der Waals surface area contributed by atoms with E-state index in [2.05, 4.69) is 21.7 Å². The van der Waals surface area contributed by atoms with Crippen molar-refractivity contribution in [1.82, 2.24) is 9.55 Å². The van der Waals surface area contributed by atoms with E-state index in [4.69, 9.17) is 9.47 Å². The number of benzene rings is 1. The second-order valence-electron chi connectivity index (χ2n) is 4.39. The summed E-state index contributed by atoms with van der Waals surface area (Å²) in [6, 6.07) is 8.29. The van der Waals surface area contributed by atoms with Crippen molar-refractivity contribution in [2.75, 3.05) is 20.0 Å². The summed E-state index contributed by atoms with van der Waals surface area (Å²) in [6.45, 7) is 2.99. The van der Waals surface area contributed by atoms with E-state index in [0.29, 0.717) is 0 Å². The molecule has 0 amide bonds. The first-order valence-electron chi connectivity index (χ1n) is 6.50. The van der Waals surface area contributed by atoms with E-state index in [1.807, 2.05) is 43.2 Å². The summed E-state index contributed by atoms with van der Waals surface area (Å²) in [5.41, 5.74) is 1.03. The lowest BCUT2D eigenvalue weighted by Gasteiger charge is -2.13. The molecule has 1 aromatic carbocycles. The van der Waals surface area contributed by atoms with E-state index in [9.17, 15) is 0 Å². The van der Waals surface area contributed by atoms with Crippen LogP contribution < -0.4 is 0 Å². The zero-order valence-corrected chi connectivity index (χ0v) is 12.9. The molecule has 0 spiro atoms. The monoisotopic (exact) mass is 292 g/mol. The van der Waals surface area contributed by atoms with Gasteiger partial charge in [0.1, 0.15) is 5.82 Å². The lowest BCUT2D eigenvalue weighted by molar-refractivity contribution is -0.106. The molecule has 0 unspecified atom stereocenters. The molecule has 0 saturated carbocycles. The molecule has 2 aromatic rings. The van der Waals surface area contributed by atoms with Gasteiger partial charge in [0, 0.05) is 49.4 Å². The third-order valence-electron chi connectivity index (χ3n) is 3.10. The summed E-state index contributed by atoms with van der Waals surface area (Å²) in [7, 11) is 3.29. The number of ether oxygens (including phenoxy) is 2. The predicted octanol–water partition coefficient (Wildman–Crippen LogP) is 3.28. The molecule has 0 bridgehead atoms.